The van der Waals surface area contributed by atoms with Crippen molar-refractivity contribution in [2.45, 2.75) is 37.9 Å². The van der Waals surface area contributed by atoms with Crippen molar-refractivity contribution in [2.75, 3.05) is 31.1 Å². The minimum atomic E-state index is -4.39. The zero-order valence-corrected chi connectivity index (χ0v) is 14.4. The highest BCUT2D eigenvalue weighted by Gasteiger charge is 2.35. The van der Waals surface area contributed by atoms with E-state index in [1.54, 1.807) is 15.9 Å². The molecule has 0 saturated carbocycles. The Kier molecular flexibility index (Phi) is 5.38. The number of carbonyl (C=O) groups is 2. The summed E-state index contributed by atoms with van der Waals surface area (Å²) in [6.45, 7) is 1.56. The Morgan fingerprint density at radius 1 is 1.15 bits per heavy atom. The Morgan fingerprint density at radius 2 is 1.85 bits per heavy atom. The van der Waals surface area contributed by atoms with E-state index in [1.807, 2.05) is 0 Å². The van der Waals surface area contributed by atoms with Gasteiger partial charge in [-0.05, 0) is 25.0 Å². The van der Waals surface area contributed by atoms with Crippen molar-refractivity contribution < 1.29 is 22.8 Å². The van der Waals surface area contributed by atoms with Crippen LogP contribution in [0.4, 0.5) is 18.9 Å². The van der Waals surface area contributed by atoms with Crippen molar-refractivity contribution in [1.82, 2.24) is 10.2 Å². The number of para-hydroxylation sites is 1. The molecule has 0 spiro atoms. The van der Waals surface area contributed by atoms with E-state index in [-0.39, 0.29) is 23.5 Å². The number of rotatable bonds is 4. The third kappa shape index (κ3) is 4.28. The van der Waals surface area contributed by atoms with Gasteiger partial charge in [-0.25, -0.2) is 0 Å². The van der Waals surface area contributed by atoms with E-state index in [0.29, 0.717) is 45.4 Å². The fraction of sp³-hybridized carbons (Fsp3) is 0.556. The Balaban J connectivity index is 1.53. The molecule has 0 aliphatic carbocycles. The summed E-state index contributed by atoms with van der Waals surface area (Å²) in [4.78, 5) is 26.9. The summed E-state index contributed by atoms with van der Waals surface area (Å²) in [5, 5.41) is 2.84. The van der Waals surface area contributed by atoms with Crippen LogP contribution < -0.4 is 10.2 Å². The van der Waals surface area contributed by atoms with Gasteiger partial charge < -0.3 is 15.1 Å². The van der Waals surface area contributed by atoms with Gasteiger partial charge >= 0.3 is 6.18 Å². The van der Waals surface area contributed by atoms with E-state index in [0.717, 1.165) is 12.5 Å². The Hall–Kier alpha value is -2.25. The molecule has 2 saturated heterocycles. The van der Waals surface area contributed by atoms with Crippen molar-refractivity contribution in [3.05, 3.63) is 29.8 Å². The molecule has 5 nitrogen and oxygen atoms in total. The van der Waals surface area contributed by atoms with Crippen LogP contribution in [0, 0.1) is 0 Å². The van der Waals surface area contributed by atoms with E-state index < -0.39 is 11.7 Å². The zero-order valence-electron chi connectivity index (χ0n) is 14.4. The molecule has 0 aromatic heterocycles. The maximum atomic E-state index is 13.2. The summed E-state index contributed by atoms with van der Waals surface area (Å²) in [7, 11) is 0. The molecule has 0 bridgehead atoms. The van der Waals surface area contributed by atoms with Crippen LogP contribution in [-0.2, 0) is 15.8 Å². The molecular formula is C18H22F3N3O2. The second kappa shape index (κ2) is 7.55. The number of halogens is 3. The quantitative estimate of drug-likeness (QED) is 0.887. The largest absolute Gasteiger partial charge is 0.418 e. The van der Waals surface area contributed by atoms with Gasteiger partial charge in [0.15, 0.2) is 0 Å². The molecular weight excluding hydrogens is 347 g/mol. The first-order valence-electron chi connectivity index (χ1n) is 8.83. The van der Waals surface area contributed by atoms with Gasteiger partial charge in [0.05, 0.1) is 5.56 Å². The van der Waals surface area contributed by atoms with Gasteiger partial charge in [0.25, 0.3) is 0 Å². The number of alkyl halides is 3. The molecule has 0 unspecified atom stereocenters. The van der Waals surface area contributed by atoms with Crippen molar-refractivity contribution in [2.24, 2.45) is 0 Å². The number of piperazine rings is 1. The smallest absolute Gasteiger partial charge is 0.367 e. The SMILES string of the molecule is O=C1CC[C@@H](CCC(=O)N2CCN(c3ccccc3C(F)(F)F)CC2)N1. The first-order chi connectivity index (χ1) is 12.3. The van der Waals surface area contributed by atoms with Crippen molar-refractivity contribution in [3.8, 4) is 0 Å². The molecule has 2 amide bonds. The predicted octanol–water partition coefficient (Wildman–Crippen LogP) is 2.41. The molecule has 0 radical (unpaired) electrons. The average molecular weight is 369 g/mol. The van der Waals surface area contributed by atoms with Crippen LogP contribution in [0.1, 0.15) is 31.2 Å². The second-order valence-corrected chi connectivity index (χ2v) is 6.72. The van der Waals surface area contributed by atoms with Gasteiger partial charge in [0, 0.05) is 50.7 Å². The molecule has 26 heavy (non-hydrogen) atoms. The highest BCUT2D eigenvalue weighted by atomic mass is 19.4. The monoisotopic (exact) mass is 369 g/mol. The van der Waals surface area contributed by atoms with Crippen LogP contribution in [-0.4, -0.2) is 48.9 Å². The molecule has 1 atom stereocenters. The summed E-state index contributed by atoms with van der Waals surface area (Å²) >= 11 is 0. The standard InChI is InChI=1S/C18H22F3N3O2/c19-18(20,21)14-3-1-2-4-15(14)23-9-11-24(12-10-23)17(26)8-6-13-5-7-16(25)22-13/h1-4,13H,5-12H2,(H,22,25)/t13-/m0/s1. The third-order valence-corrected chi connectivity index (χ3v) is 4.97. The van der Waals surface area contributed by atoms with Crippen LogP contribution >= 0.6 is 0 Å². The lowest BCUT2D eigenvalue weighted by molar-refractivity contribution is -0.137. The van der Waals surface area contributed by atoms with E-state index in [1.165, 1.54) is 12.1 Å². The van der Waals surface area contributed by atoms with Gasteiger partial charge in [-0.3, -0.25) is 9.59 Å². The first kappa shape index (κ1) is 18.5. The molecule has 2 aliphatic heterocycles. The lowest BCUT2D eigenvalue weighted by Crippen LogP contribution is -2.49. The summed E-state index contributed by atoms with van der Waals surface area (Å²) in [5.41, 5.74) is -0.475. The first-order valence-corrected chi connectivity index (χ1v) is 8.83. The average Bonchev–Trinajstić information content (AvgIpc) is 3.04. The fourth-order valence-electron chi connectivity index (χ4n) is 3.54. The minimum absolute atomic E-state index is 0.00472. The molecule has 8 heteroatoms. The number of nitrogens with one attached hydrogen (secondary N) is 1. The number of nitrogens with zero attached hydrogens (tertiary/aromatic N) is 2. The van der Waals surface area contributed by atoms with Gasteiger partial charge in [0.1, 0.15) is 0 Å². The summed E-state index contributed by atoms with van der Waals surface area (Å²) < 4.78 is 39.5. The summed E-state index contributed by atoms with van der Waals surface area (Å²) in [6, 6.07) is 5.60. The van der Waals surface area contributed by atoms with Crippen molar-refractivity contribution >= 4 is 17.5 Å². The van der Waals surface area contributed by atoms with Crippen LogP contribution in [0.3, 0.4) is 0 Å². The molecule has 2 fully saturated rings. The summed E-state index contributed by atoms with van der Waals surface area (Å²) in [5.74, 6) is 0.0225. The van der Waals surface area contributed by atoms with E-state index in [4.69, 9.17) is 0 Å². The van der Waals surface area contributed by atoms with Crippen LogP contribution in [0.25, 0.3) is 0 Å². The molecule has 2 heterocycles. The Labute approximate surface area is 150 Å². The fourth-order valence-corrected chi connectivity index (χ4v) is 3.54. The summed E-state index contributed by atoms with van der Waals surface area (Å²) in [6.07, 6.45) is -2.16. The van der Waals surface area contributed by atoms with Crippen molar-refractivity contribution in [3.63, 3.8) is 0 Å². The van der Waals surface area contributed by atoms with Crippen LogP contribution in [0.5, 0.6) is 0 Å². The van der Waals surface area contributed by atoms with Gasteiger partial charge in [-0.2, -0.15) is 13.2 Å². The lowest BCUT2D eigenvalue weighted by Gasteiger charge is -2.37. The van der Waals surface area contributed by atoms with Crippen LogP contribution in [0.15, 0.2) is 24.3 Å². The normalized spacial score (nSPS) is 21.0. The Bertz CT molecular complexity index is 670. The van der Waals surface area contributed by atoms with Gasteiger partial charge in [0.2, 0.25) is 11.8 Å². The topological polar surface area (TPSA) is 52.7 Å². The maximum absolute atomic E-state index is 13.2. The number of hydrogen-bond acceptors (Lipinski definition) is 3. The molecule has 1 aromatic carbocycles. The zero-order chi connectivity index (χ0) is 18.7. The second-order valence-electron chi connectivity index (χ2n) is 6.72. The minimum Gasteiger partial charge on any atom is -0.367 e. The lowest BCUT2D eigenvalue weighted by atomic mass is 10.1. The number of hydrogen-bond donors (Lipinski definition) is 1. The van der Waals surface area contributed by atoms with Gasteiger partial charge in [-0.1, -0.05) is 12.1 Å². The molecule has 1 N–H and O–H groups in total. The molecule has 2 aliphatic rings. The number of benzene rings is 1. The van der Waals surface area contributed by atoms with E-state index >= 15 is 0 Å². The van der Waals surface area contributed by atoms with Crippen molar-refractivity contribution in [1.29, 1.82) is 0 Å². The Morgan fingerprint density at radius 3 is 2.46 bits per heavy atom. The van der Waals surface area contributed by atoms with E-state index in [2.05, 4.69) is 5.32 Å². The third-order valence-electron chi connectivity index (χ3n) is 4.97. The molecule has 1 aromatic rings. The molecule has 3 rings (SSSR count). The highest BCUT2D eigenvalue weighted by Crippen LogP contribution is 2.36. The predicted molar refractivity (Wildman–Crippen MR) is 90.6 cm³/mol. The van der Waals surface area contributed by atoms with E-state index in [9.17, 15) is 22.8 Å². The number of carbonyl (C=O) groups excluding carboxylic acids is 2. The highest BCUT2D eigenvalue weighted by molar-refractivity contribution is 5.79. The number of anilines is 1. The van der Waals surface area contributed by atoms with Crippen LogP contribution in [0.2, 0.25) is 0 Å². The number of amides is 2. The van der Waals surface area contributed by atoms with Gasteiger partial charge in [-0.15, -0.1) is 0 Å². The molecule has 142 valence electrons. The maximum Gasteiger partial charge on any atom is 0.418 e.